The average molecular weight is 302 g/mol. The van der Waals surface area contributed by atoms with Gasteiger partial charge in [0.25, 0.3) is 0 Å². The zero-order valence-electron chi connectivity index (χ0n) is 12.8. The number of hydrogen-bond donors (Lipinski definition) is 0. The summed E-state index contributed by atoms with van der Waals surface area (Å²) in [5, 5.41) is 0. The number of pyridine rings is 1. The van der Waals surface area contributed by atoms with Crippen LogP contribution in [0.3, 0.4) is 0 Å². The van der Waals surface area contributed by atoms with E-state index in [9.17, 15) is 4.39 Å². The SMILES string of the molecule is CN(C)c1nccc(N2CCN(c3ccc(F)cn3)CC2)n1. The summed E-state index contributed by atoms with van der Waals surface area (Å²) in [6.07, 6.45) is 3.04. The molecule has 22 heavy (non-hydrogen) atoms. The van der Waals surface area contributed by atoms with Gasteiger partial charge in [0.2, 0.25) is 5.95 Å². The maximum Gasteiger partial charge on any atom is 0.226 e. The fourth-order valence-electron chi connectivity index (χ4n) is 2.45. The molecule has 116 valence electrons. The summed E-state index contributed by atoms with van der Waals surface area (Å²) >= 11 is 0. The molecule has 3 rings (SSSR count). The van der Waals surface area contributed by atoms with E-state index in [-0.39, 0.29) is 5.82 Å². The van der Waals surface area contributed by atoms with Crippen molar-refractivity contribution >= 4 is 17.6 Å². The highest BCUT2D eigenvalue weighted by Gasteiger charge is 2.19. The number of aromatic nitrogens is 3. The molecule has 0 aliphatic carbocycles. The van der Waals surface area contributed by atoms with Crippen molar-refractivity contribution in [3.05, 3.63) is 36.4 Å². The van der Waals surface area contributed by atoms with Gasteiger partial charge in [-0.15, -0.1) is 0 Å². The van der Waals surface area contributed by atoms with E-state index in [0.29, 0.717) is 5.95 Å². The number of rotatable bonds is 3. The van der Waals surface area contributed by atoms with Gasteiger partial charge in [-0.2, -0.15) is 4.98 Å². The molecule has 3 heterocycles. The average Bonchev–Trinajstić information content (AvgIpc) is 2.56. The van der Waals surface area contributed by atoms with Crippen LogP contribution in [0.5, 0.6) is 0 Å². The molecule has 0 spiro atoms. The molecule has 0 radical (unpaired) electrons. The lowest BCUT2D eigenvalue weighted by molar-refractivity contribution is 0.614. The minimum atomic E-state index is -0.306. The third-order valence-electron chi connectivity index (χ3n) is 3.67. The molecule has 0 amide bonds. The van der Waals surface area contributed by atoms with Gasteiger partial charge in [0, 0.05) is 46.5 Å². The Labute approximate surface area is 129 Å². The summed E-state index contributed by atoms with van der Waals surface area (Å²) in [5.74, 6) is 2.16. The Morgan fingerprint density at radius 1 is 0.955 bits per heavy atom. The molecule has 6 nitrogen and oxygen atoms in total. The van der Waals surface area contributed by atoms with Gasteiger partial charge in [-0.3, -0.25) is 0 Å². The van der Waals surface area contributed by atoms with Gasteiger partial charge in [0.15, 0.2) is 0 Å². The van der Waals surface area contributed by atoms with E-state index < -0.39 is 0 Å². The largest absolute Gasteiger partial charge is 0.353 e. The molecule has 0 saturated carbocycles. The quantitative estimate of drug-likeness (QED) is 0.854. The van der Waals surface area contributed by atoms with Crippen LogP contribution in [-0.2, 0) is 0 Å². The molecule has 0 N–H and O–H groups in total. The van der Waals surface area contributed by atoms with E-state index in [1.54, 1.807) is 12.3 Å². The van der Waals surface area contributed by atoms with Crippen molar-refractivity contribution in [2.24, 2.45) is 0 Å². The van der Waals surface area contributed by atoms with Crippen molar-refractivity contribution in [1.29, 1.82) is 0 Å². The van der Waals surface area contributed by atoms with Gasteiger partial charge in [-0.25, -0.2) is 14.4 Å². The van der Waals surface area contributed by atoms with Crippen molar-refractivity contribution < 1.29 is 4.39 Å². The van der Waals surface area contributed by atoms with Gasteiger partial charge in [-0.05, 0) is 18.2 Å². The maximum absolute atomic E-state index is 12.9. The Morgan fingerprint density at radius 2 is 1.64 bits per heavy atom. The number of anilines is 3. The standard InChI is InChI=1S/C15H19FN6/c1-20(2)15-17-6-5-14(19-15)22-9-7-21(8-10-22)13-4-3-12(16)11-18-13/h3-6,11H,7-10H2,1-2H3. The summed E-state index contributed by atoms with van der Waals surface area (Å²) in [6.45, 7) is 3.37. The summed E-state index contributed by atoms with van der Waals surface area (Å²) in [4.78, 5) is 19.2. The van der Waals surface area contributed by atoms with Gasteiger partial charge < -0.3 is 14.7 Å². The number of hydrogen-bond acceptors (Lipinski definition) is 6. The first kappa shape index (κ1) is 14.5. The topological polar surface area (TPSA) is 48.4 Å². The van der Waals surface area contributed by atoms with Gasteiger partial charge in [-0.1, -0.05) is 0 Å². The lowest BCUT2D eigenvalue weighted by Crippen LogP contribution is -2.47. The second kappa shape index (κ2) is 6.13. The molecule has 0 bridgehead atoms. The molecular weight excluding hydrogens is 283 g/mol. The monoisotopic (exact) mass is 302 g/mol. The minimum Gasteiger partial charge on any atom is -0.353 e. The van der Waals surface area contributed by atoms with Crippen molar-refractivity contribution in [1.82, 2.24) is 15.0 Å². The van der Waals surface area contributed by atoms with Gasteiger partial charge >= 0.3 is 0 Å². The lowest BCUT2D eigenvalue weighted by atomic mass is 10.3. The van der Waals surface area contributed by atoms with E-state index in [4.69, 9.17) is 0 Å². The second-order valence-corrected chi connectivity index (χ2v) is 5.42. The van der Waals surface area contributed by atoms with Crippen LogP contribution < -0.4 is 14.7 Å². The third kappa shape index (κ3) is 3.08. The van der Waals surface area contributed by atoms with Crippen LogP contribution in [-0.4, -0.2) is 55.2 Å². The fourth-order valence-corrected chi connectivity index (χ4v) is 2.45. The first-order chi connectivity index (χ1) is 10.6. The molecule has 1 fully saturated rings. The van der Waals surface area contributed by atoms with Crippen LogP contribution in [0.1, 0.15) is 0 Å². The summed E-state index contributed by atoms with van der Waals surface area (Å²) in [5.41, 5.74) is 0. The Kier molecular flexibility index (Phi) is 4.04. The summed E-state index contributed by atoms with van der Waals surface area (Å²) in [6, 6.07) is 5.10. The predicted molar refractivity (Wildman–Crippen MR) is 85.0 cm³/mol. The Balaban J connectivity index is 1.66. The Hall–Kier alpha value is -2.44. The van der Waals surface area contributed by atoms with E-state index in [2.05, 4.69) is 24.8 Å². The van der Waals surface area contributed by atoms with E-state index >= 15 is 0 Å². The van der Waals surface area contributed by atoms with Crippen molar-refractivity contribution in [2.75, 3.05) is 55.0 Å². The van der Waals surface area contributed by atoms with Crippen molar-refractivity contribution in [3.63, 3.8) is 0 Å². The Bertz CT molecular complexity index is 622. The number of nitrogens with zero attached hydrogens (tertiary/aromatic N) is 6. The zero-order valence-corrected chi connectivity index (χ0v) is 12.8. The molecule has 0 unspecified atom stereocenters. The highest BCUT2D eigenvalue weighted by Crippen LogP contribution is 2.18. The normalized spacial score (nSPS) is 15.0. The van der Waals surface area contributed by atoms with Gasteiger partial charge in [0.1, 0.15) is 17.5 Å². The van der Waals surface area contributed by atoms with E-state index in [1.165, 1.54) is 12.3 Å². The number of piperazine rings is 1. The molecule has 1 aliphatic rings. The maximum atomic E-state index is 12.9. The van der Waals surface area contributed by atoms with Crippen molar-refractivity contribution in [3.8, 4) is 0 Å². The summed E-state index contributed by atoms with van der Waals surface area (Å²) < 4.78 is 12.9. The molecule has 2 aromatic rings. The summed E-state index contributed by atoms with van der Waals surface area (Å²) in [7, 11) is 3.86. The van der Waals surface area contributed by atoms with Crippen LogP contribution in [0.2, 0.25) is 0 Å². The Morgan fingerprint density at radius 3 is 2.23 bits per heavy atom. The van der Waals surface area contributed by atoms with Crippen molar-refractivity contribution in [2.45, 2.75) is 0 Å². The van der Waals surface area contributed by atoms with E-state index in [0.717, 1.165) is 37.8 Å². The first-order valence-electron chi connectivity index (χ1n) is 7.25. The van der Waals surface area contributed by atoms with Crippen LogP contribution in [0.15, 0.2) is 30.6 Å². The molecule has 7 heteroatoms. The molecule has 2 aromatic heterocycles. The van der Waals surface area contributed by atoms with Crippen LogP contribution >= 0.6 is 0 Å². The first-order valence-corrected chi connectivity index (χ1v) is 7.25. The van der Waals surface area contributed by atoms with E-state index in [1.807, 2.05) is 25.1 Å². The predicted octanol–water partition coefficient (Wildman–Crippen LogP) is 1.40. The highest BCUT2D eigenvalue weighted by atomic mass is 19.1. The third-order valence-corrected chi connectivity index (χ3v) is 3.67. The molecule has 0 atom stereocenters. The minimum absolute atomic E-state index is 0.306. The van der Waals surface area contributed by atoms with Gasteiger partial charge in [0.05, 0.1) is 6.20 Å². The zero-order chi connectivity index (χ0) is 15.5. The molecule has 1 aliphatic heterocycles. The smallest absolute Gasteiger partial charge is 0.226 e. The second-order valence-electron chi connectivity index (χ2n) is 5.42. The van der Waals surface area contributed by atoms with Crippen LogP contribution in [0, 0.1) is 5.82 Å². The molecule has 0 aromatic carbocycles. The highest BCUT2D eigenvalue weighted by molar-refractivity contribution is 5.46. The molecule has 1 saturated heterocycles. The van der Waals surface area contributed by atoms with Crippen LogP contribution in [0.4, 0.5) is 22.0 Å². The lowest BCUT2D eigenvalue weighted by Gasteiger charge is -2.36. The fraction of sp³-hybridized carbons (Fsp3) is 0.400. The number of halogens is 1. The van der Waals surface area contributed by atoms with Crippen LogP contribution in [0.25, 0.3) is 0 Å². The molecular formula is C15H19FN6.